The molecule has 9 nitrogen and oxygen atoms in total. The van der Waals surface area contributed by atoms with Gasteiger partial charge in [0.05, 0.1) is 6.61 Å². The van der Waals surface area contributed by atoms with Gasteiger partial charge in [0, 0.05) is 0 Å². The van der Waals surface area contributed by atoms with Crippen molar-refractivity contribution in [1.29, 1.82) is 0 Å². The molecule has 18 heavy (non-hydrogen) atoms. The van der Waals surface area contributed by atoms with Gasteiger partial charge in [-0.1, -0.05) is 0 Å². The number of aliphatic hydroxyl groups excluding tert-OH is 3. The van der Waals surface area contributed by atoms with Crippen molar-refractivity contribution in [3.05, 3.63) is 21.0 Å². The summed E-state index contributed by atoms with van der Waals surface area (Å²) in [5.74, 6) is -0.423. The number of nitrogens with zero attached hydrogens (tertiary/aromatic N) is 3. The lowest BCUT2D eigenvalue weighted by atomic mass is 10.1. The minimum atomic E-state index is -1.31. The van der Waals surface area contributed by atoms with Gasteiger partial charge in [-0.05, 0) is 25.8 Å². The van der Waals surface area contributed by atoms with Crippen LogP contribution in [0.25, 0.3) is 0 Å². The molecule has 0 aromatic carbocycles. The Morgan fingerprint density at radius 3 is 2.67 bits per heavy atom. The molecule has 10 heteroatoms. The number of aromatic nitrogens is 2. The number of halogens is 1. The van der Waals surface area contributed by atoms with Crippen LogP contribution in [-0.2, 0) is 4.74 Å². The van der Waals surface area contributed by atoms with Crippen molar-refractivity contribution in [2.24, 2.45) is 0 Å². The number of aliphatic hydroxyl groups is 3. The van der Waals surface area contributed by atoms with E-state index in [0.29, 0.717) is 0 Å². The molecular weight excluding hydrogens is 314 g/mol. The topological polar surface area (TPSA) is 131 Å². The first-order valence-electron chi connectivity index (χ1n) is 4.96. The lowest BCUT2D eigenvalue weighted by Crippen LogP contribution is -2.33. The molecule has 1 aliphatic rings. The van der Waals surface area contributed by atoms with Gasteiger partial charge in [0.25, 0.3) is 0 Å². The molecule has 4 atom stereocenters. The van der Waals surface area contributed by atoms with Crippen LogP contribution in [0, 0.1) is 10.1 Å². The fourth-order valence-electron chi connectivity index (χ4n) is 1.75. The van der Waals surface area contributed by atoms with E-state index in [4.69, 9.17) is 9.84 Å². The van der Waals surface area contributed by atoms with E-state index in [9.17, 15) is 20.3 Å². The molecule has 100 valence electrons. The molecule has 0 bridgehead atoms. The van der Waals surface area contributed by atoms with Crippen molar-refractivity contribution < 1.29 is 25.0 Å². The molecule has 0 aliphatic carbocycles. The summed E-state index contributed by atoms with van der Waals surface area (Å²) >= 11 is 2.97. The summed E-state index contributed by atoms with van der Waals surface area (Å²) in [5.41, 5.74) is 0. The molecule has 1 aromatic heterocycles. The van der Waals surface area contributed by atoms with Gasteiger partial charge in [0.1, 0.15) is 18.3 Å². The van der Waals surface area contributed by atoms with E-state index in [2.05, 4.69) is 20.9 Å². The zero-order valence-corrected chi connectivity index (χ0v) is 10.5. The summed E-state index contributed by atoms with van der Waals surface area (Å²) in [4.78, 5) is 13.5. The normalized spacial score (nSPS) is 31.8. The van der Waals surface area contributed by atoms with Crippen molar-refractivity contribution in [3.8, 4) is 0 Å². The molecule has 3 N–H and O–H groups in total. The van der Waals surface area contributed by atoms with Gasteiger partial charge < -0.3 is 30.2 Å². The Hall–Kier alpha value is -1.07. The SMILES string of the molecule is O=[N+]([O-])c1ncn([C@H]2O[C@@H](CO)[C@@H](O)[C@H]2O)c1Br. The Morgan fingerprint density at radius 1 is 1.56 bits per heavy atom. The Kier molecular flexibility index (Phi) is 3.64. The van der Waals surface area contributed by atoms with Crippen molar-refractivity contribution in [2.75, 3.05) is 6.61 Å². The van der Waals surface area contributed by atoms with Gasteiger partial charge in [-0.15, -0.1) is 0 Å². The van der Waals surface area contributed by atoms with Gasteiger partial charge >= 0.3 is 5.82 Å². The molecule has 0 amide bonds. The number of hydrogen-bond acceptors (Lipinski definition) is 7. The largest absolute Gasteiger partial charge is 0.396 e. The maximum absolute atomic E-state index is 10.6. The van der Waals surface area contributed by atoms with Crippen LogP contribution < -0.4 is 0 Å². The average molecular weight is 324 g/mol. The zero-order chi connectivity index (χ0) is 13.4. The van der Waals surface area contributed by atoms with E-state index in [-0.39, 0.29) is 4.60 Å². The lowest BCUT2D eigenvalue weighted by Gasteiger charge is -2.15. The van der Waals surface area contributed by atoms with E-state index >= 15 is 0 Å². The standard InChI is InChI=1S/C8H10BrN3O6/c9-6-7(12(16)17)10-2-11(6)8-5(15)4(14)3(1-13)18-8/h2-5,8,13-15H,1H2/t3-,4+,5+,8-/m0/s1. The second-order valence-corrected chi connectivity index (χ2v) is 4.50. The highest BCUT2D eigenvalue weighted by molar-refractivity contribution is 9.10. The van der Waals surface area contributed by atoms with E-state index in [1.54, 1.807) is 0 Å². The summed E-state index contributed by atoms with van der Waals surface area (Å²) in [6.45, 7) is -0.469. The second kappa shape index (κ2) is 4.90. The van der Waals surface area contributed by atoms with Crippen LogP contribution >= 0.6 is 15.9 Å². The molecule has 0 unspecified atom stereocenters. The minimum Gasteiger partial charge on any atom is -0.394 e. The fourth-order valence-corrected chi connectivity index (χ4v) is 2.29. The number of nitro groups is 1. The van der Waals surface area contributed by atoms with Gasteiger partial charge in [-0.25, -0.2) is 0 Å². The number of hydrogen-bond donors (Lipinski definition) is 3. The van der Waals surface area contributed by atoms with Gasteiger partial charge in [-0.2, -0.15) is 0 Å². The Labute approximate surface area is 109 Å². The Bertz CT molecular complexity index is 466. The first-order valence-corrected chi connectivity index (χ1v) is 5.75. The van der Waals surface area contributed by atoms with Crippen LogP contribution in [0.1, 0.15) is 6.23 Å². The first-order chi connectivity index (χ1) is 8.47. The van der Waals surface area contributed by atoms with Crippen LogP contribution in [0.5, 0.6) is 0 Å². The van der Waals surface area contributed by atoms with Crippen LogP contribution in [0.15, 0.2) is 10.9 Å². The number of ether oxygens (including phenoxy) is 1. The smallest absolute Gasteiger partial charge is 0.394 e. The van der Waals surface area contributed by atoms with E-state index < -0.39 is 41.9 Å². The number of imidazole rings is 1. The van der Waals surface area contributed by atoms with Crippen LogP contribution in [0.3, 0.4) is 0 Å². The minimum absolute atomic E-state index is 0.0161. The summed E-state index contributed by atoms with van der Waals surface area (Å²) in [6, 6.07) is 0. The van der Waals surface area contributed by atoms with Crippen molar-refractivity contribution in [2.45, 2.75) is 24.5 Å². The molecule has 1 saturated heterocycles. The molecule has 1 fully saturated rings. The quantitative estimate of drug-likeness (QED) is 0.488. The van der Waals surface area contributed by atoms with Gasteiger partial charge in [-0.3, -0.25) is 4.57 Å². The van der Waals surface area contributed by atoms with Gasteiger partial charge in [0.2, 0.25) is 6.33 Å². The van der Waals surface area contributed by atoms with Crippen LogP contribution in [0.2, 0.25) is 0 Å². The molecule has 1 aromatic rings. The fraction of sp³-hybridized carbons (Fsp3) is 0.625. The van der Waals surface area contributed by atoms with E-state index in [1.165, 1.54) is 4.57 Å². The highest BCUT2D eigenvalue weighted by Crippen LogP contribution is 2.34. The molecule has 0 saturated carbocycles. The first kappa shape index (κ1) is 13.4. The molecule has 0 radical (unpaired) electrons. The molecule has 2 rings (SSSR count). The van der Waals surface area contributed by atoms with Crippen LogP contribution in [-0.4, -0.2) is 54.7 Å². The van der Waals surface area contributed by atoms with Gasteiger partial charge in [0.15, 0.2) is 10.8 Å². The van der Waals surface area contributed by atoms with Crippen molar-refractivity contribution >= 4 is 21.7 Å². The summed E-state index contributed by atoms with van der Waals surface area (Å²) < 4.78 is 6.41. The molecule has 0 spiro atoms. The third-order valence-electron chi connectivity index (χ3n) is 2.68. The highest BCUT2D eigenvalue weighted by atomic mass is 79.9. The van der Waals surface area contributed by atoms with Crippen molar-refractivity contribution in [1.82, 2.24) is 9.55 Å². The molecule has 2 heterocycles. The summed E-state index contributed by atoms with van der Waals surface area (Å²) in [6.07, 6.45) is -3.46. The summed E-state index contributed by atoms with van der Waals surface area (Å²) in [5, 5.41) is 38.9. The average Bonchev–Trinajstić information content (AvgIpc) is 2.82. The monoisotopic (exact) mass is 323 g/mol. The summed E-state index contributed by atoms with van der Waals surface area (Å²) in [7, 11) is 0. The lowest BCUT2D eigenvalue weighted by molar-refractivity contribution is -0.390. The number of rotatable bonds is 3. The zero-order valence-electron chi connectivity index (χ0n) is 8.88. The van der Waals surface area contributed by atoms with Crippen molar-refractivity contribution in [3.63, 3.8) is 0 Å². The molecule has 1 aliphatic heterocycles. The molecular formula is C8H10BrN3O6. The Morgan fingerprint density at radius 2 is 2.22 bits per heavy atom. The van der Waals surface area contributed by atoms with Crippen LogP contribution in [0.4, 0.5) is 5.82 Å². The maximum Gasteiger partial charge on any atom is 0.396 e. The predicted octanol–water partition coefficient (Wildman–Crippen LogP) is -0.835. The van der Waals surface area contributed by atoms with E-state index in [1.807, 2.05) is 0 Å². The third-order valence-corrected chi connectivity index (χ3v) is 3.44. The second-order valence-electron chi connectivity index (χ2n) is 3.75. The maximum atomic E-state index is 10.6. The predicted molar refractivity (Wildman–Crippen MR) is 59.6 cm³/mol. The Balaban J connectivity index is 2.30. The highest BCUT2D eigenvalue weighted by Gasteiger charge is 2.45. The van der Waals surface area contributed by atoms with E-state index in [0.717, 1.165) is 6.33 Å². The third kappa shape index (κ3) is 2.01.